The van der Waals surface area contributed by atoms with Crippen LogP contribution in [0.5, 0.6) is 0 Å². The van der Waals surface area contributed by atoms with E-state index in [-0.39, 0.29) is 32.2 Å². The Hall–Kier alpha value is -4.05. The number of aliphatic carboxylic acids is 1. The topological polar surface area (TPSA) is 108 Å². The quantitative estimate of drug-likeness (QED) is 0.0211. The van der Waals surface area contributed by atoms with Gasteiger partial charge in [-0.15, -0.1) is 0 Å². The number of likely N-dealkylation sites (N-methyl/N-ethyl adjacent to an activating group) is 1. The van der Waals surface area contributed by atoms with Crippen LogP contribution in [0.4, 0.5) is 0 Å². The molecule has 0 aromatic heterocycles. The molecule has 1 N–H and O–H groups in total. The highest BCUT2D eigenvalue weighted by Gasteiger charge is 2.25. The zero-order valence-electron chi connectivity index (χ0n) is 57.2. The van der Waals surface area contributed by atoms with Gasteiger partial charge in [0.05, 0.1) is 34.4 Å². The van der Waals surface area contributed by atoms with Crippen LogP contribution in [0, 0.1) is 0 Å². The highest BCUT2D eigenvalue weighted by molar-refractivity contribution is 5.71. The molecule has 0 saturated carbocycles. The summed E-state index contributed by atoms with van der Waals surface area (Å²) in [7, 11) is 5.98. The number of nitrogens with zero attached hydrogens (tertiary/aromatic N) is 1. The zero-order chi connectivity index (χ0) is 63.3. The van der Waals surface area contributed by atoms with Crippen molar-refractivity contribution in [3.63, 3.8) is 0 Å². The Balaban J connectivity index is 4.03. The van der Waals surface area contributed by atoms with Gasteiger partial charge in [0.25, 0.3) is 6.29 Å². The summed E-state index contributed by atoms with van der Waals surface area (Å²) in [5.74, 6) is -2.00. The van der Waals surface area contributed by atoms with Gasteiger partial charge in [-0.3, -0.25) is 9.59 Å². The van der Waals surface area contributed by atoms with Crippen LogP contribution >= 0.6 is 0 Å². The normalized spacial score (nSPS) is 13.3. The lowest BCUT2D eigenvalue weighted by Gasteiger charge is -2.25. The largest absolute Gasteiger partial charge is 0.477 e. The van der Waals surface area contributed by atoms with Crippen molar-refractivity contribution in [1.82, 2.24) is 0 Å². The van der Waals surface area contributed by atoms with Gasteiger partial charge in [0.15, 0.2) is 6.10 Å². The maximum Gasteiger partial charge on any atom is 0.361 e. The molecule has 2 unspecified atom stereocenters. The fourth-order valence-electron chi connectivity index (χ4n) is 10.0. The summed E-state index contributed by atoms with van der Waals surface area (Å²) in [6, 6.07) is 0. The van der Waals surface area contributed by atoms with Crippen LogP contribution in [-0.2, 0) is 33.3 Å². The van der Waals surface area contributed by atoms with Crippen molar-refractivity contribution in [1.29, 1.82) is 0 Å². The van der Waals surface area contributed by atoms with E-state index in [1.165, 1.54) is 193 Å². The number of carboxylic acid groups (broad SMARTS) is 1. The van der Waals surface area contributed by atoms with Crippen LogP contribution < -0.4 is 0 Å². The number of carbonyl (C=O) groups excluding carboxylic acids is 2. The molecule has 0 aromatic carbocycles. The van der Waals surface area contributed by atoms with Crippen molar-refractivity contribution < 1.29 is 42.9 Å². The Kier molecular flexibility index (Phi) is 64.7. The highest BCUT2D eigenvalue weighted by atomic mass is 16.7. The van der Waals surface area contributed by atoms with Gasteiger partial charge in [0, 0.05) is 12.8 Å². The number of rotatable bonds is 66. The minimum atomic E-state index is -1.51. The van der Waals surface area contributed by atoms with Gasteiger partial charge < -0.3 is 28.5 Å². The summed E-state index contributed by atoms with van der Waals surface area (Å²) < 4.78 is 23.0. The summed E-state index contributed by atoms with van der Waals surface area (Å²) in [5.41, 5.74) is 0. The average Bonchev–Trinajstić information content (AvgIpc) is 3.59. The molecular weight excluding hydrogens is 1080 g/mol. The third-order valence-electron chi connectivity index (χ3n) is 15.5. The second kappa shape index (κ2) is 67.9. The molecule has 0 saturated heterocycles. The molecule has 0 aliphatic heterocycles. The van der Waals surface area contributed by atoms with Crippen LogP contribution in [0.2, 0.25) is 0 Å². The van der Waals surface area contributed by atoms with Gasteiger partial charge >= 0.3 is 17.9 Å². The van der Waals surface area contributed by atoms with E-state index in [1.807, 2.05) is 21.1 Å². The van der Waals surface area contributed by atoms with E-state index in [2.05, 4.69) is 123 Å². The van der Waals surface area contributed by atoms with E-state index in [0.717, 1.165) is 89.9 Å². The van der Waals surface area contributed by atoms with Crippen LogP contribution in [0.1, 0.15) is 309 Å². The SMILES string of the molecule is CC/C=C\C/C=C\C/C=C\C/C=C\C/C=C\C/C=C\C/C=C\CCCCCCCCCCCCCCCCCCCCCC(=O)OC(COC(=O)CCCCCCCCCCC/C=C\C/C=C\CCCCCCC)COC(OCC[N+](C)(C)C)C(=O)O. The van der Waals surface area contributed by atoms with E-state index in [1.54, 1.807) is 0 Å². The molecule has 0 heterocycles. The maximum absolute atomic E-state index is 12.9. The van der Waals surface area contributed by atoms with Crippen LogP contribution in [0.3, 0.4) is 0 Å². The van der Waals surface area contributed by atoms with Gasteiger partial charge in [-0.2, -0.15) is 0 Å². The Labute approximate surface area is 536 Å². The Morgan fingerprint density at radius 3 is 0.977 bits per heavy atom. The first-order chi connectivity index (χ1) is 42.6. The van der Waals surface area contributed by atoms with Crippen molar-refractivity contribution >= 4 is 17.9 Å². The molecule has 0 rings (SSSR count). The Morgan fingerprint density at radius 2 is 0.655 bits per heavy atom. The Morgan fingerprint density at radius 1 is 0.356 bits per heavy atom. The predicted octanol–water partition coefficient (Wildman–Crippen LogP) is 22.6. The predicted molar refractivity (Wildman–Crippen MR) is 373 cm³/mol. The number of ether oxygens (including phenoxy) is 4. The lowest BCUT2D eigenvalue weighted by Crippen LogP contribution is -2.40. The lowest BCUT2D eigenvalue weighted by molar-refractivity contribution is -0.870. The third kappa shape index (κ3) is 69.3. The molecule has 0 bridgehead atoms. The number of esters is 2. The molecule has 0 spiro atoms. The monoisotopic (exact) mass is 1220 g/mol. The van der Waals surface area contributed by atoms with E-state index in [0.29, 0.717) is 17.4 Å². The molecule has 0 amide bonds. The van der Waals surface area contributed by atoms with E-state index >= 15 is 0 Å². The molecule has 0 aliphatic carbocycles. The minimum absolute atomic E-state index is 0.185. The molecule has 500 valence electrons. The van der Waals surface area contributed by atoms with Gasteiger partial charge in [0.2, 0.25) is 0 Å². The second-order valence-electron chi connectivity index (χ2n) is 25.2. The van der Waals surface area contributed by atoms with Crippen molar-refractivity contribution in [3.8, 4) is 0 Å². The molecule has 0 radical (unpaired) electrons. The summed E-state index contributed by atoms with van der Waals surface area (Å²) in [5, 5.41) is 9.74. The summed E-state index contributed by atoms with van der Waals surface area (Å²) in [4.78, 5) is 37.6. The van der Waals surface area contributed by atoms with Crippen molar-refractivity contribution in [3.05, 3.63) is 109 Å². The minimum Gasteiger partial charge on any atom is -0.477 e. The molecule has 9 nitrogen and oxygen atoms in total. The molecule has 0 aliphatic rings. The zero-order valence-corrected chi connectivity index (χ0v) is 57.2. The second-order valence-corrected chi connectivity index (χ2v) is 25.2. The summed E-state index contributed by atoms with van der Waals surface area (Å²) >= 11 is 0. The van der Waals surface area contributed by atoms with Gasteiger partial charge in [0.1, 0.15) is 13.2 Å². The van der Waals surface area contributed by atoms with Crippen molar-refractivity contribution in [2.45, 2.75) is 322 Å². The first-order valence-electron chi connectivity index (χ1n) is 36.1. The standard InChI is InChI=1S/C78H135NO8/c1-6-8-10-12-14-16-18-20-22-24-26-28-29-30-31-32-33-34-35-36-37-38-39-40-41-42-43-44-45-46-47-49-51-53-55-57-59-61-63-65-67-69-76(81)87-74(73-86-78(77(82)83)84-71-70-79(3,4)5)72-85-75(80)68-66-64-62-60-58-56-54-52-50-48-27-25-23-21-19-17-15-13-11-9-7-2/h8,10,14,16,19-22,25-28,30-31,33-34,36-37,74,78H,6-7,9,11-13,15,17-18,23-24,29,32,35,38-73H2,1-5H3/p+1/b10-8-,16-14-,21-19-,22-20-,27-25-,28-26-,31-30-,34-33-,37-36-. The lowest BCUT2D eigenvalue weighted by atomic mass is 10.0. The van der Waals surface area contributed by atoms with Crippen LogP contribution in [-0.4, -0.2) is 87.4 Å². The highest BCUT2D eigenvalue weighted by Crippen LogP contribution is 2.17. The molecule has 2 atom stereocenters. The molecule has 87 heavy (non-hydrogen) atoms. The maximum atomic E-state index is 12.9. The fraction of sp³-hybridized carbons (Fsp3) is 0.731. The Bertz CT molecular complexity index is 1800. The third-order valence-corrected chi connectivity index (χ3v) is 15.5. The number of quaternary nitrogens is 1. The summed E-state index contributed by atoms with van der Waals surface area (Å²) in [6.07, 6.45) is 92.1. The number of carboxylic acids is 1. The summed E-state index contributed by atoms with van der Waals surface area (Å²) in [6.45, 7) is 4.77. The molecule has 0 fully saturated rings. The fourth-order valence-corrected chi connectivity index (χ4v) is 10.0. The van der Waals surface area contributed by atoms with Crippen molar-refractivity contribution in [2.75, 3.05) is 47.5 Å². The molecular formula is C78H136NO8+. The van der Waals surface area contributed by atoms with E-state index in [4.69, 9.17) is 18.9 Å². The van der Waals surface area contributed by atoms with Crippen molar-refractivity contribution in [2.24, 2.45) is 0 Å². The number of allylic oxidation sites excluding steroid dienone is 18. The molecule has 9 heteroatoms. The van der Waals surface area contributed by atoms with Crippen LogP contribution in [0.25, 0.3) is 0 Å². The average molecular weight is 1220 g/mol. The first kappa shape index (κ1) is 83.0. The smallest absolute Gasteiger partial charge is 0.361 e. The van der Waals surface area contributed by atoms with Gasteiger partial charge in [-0.1, -0.05) is 303 Å². The van der Waals surface area contributed by atoms with Crippen LogP contribution in [0.15, 0.2) is 109 Å². The number of hydrogen-bond acceptors (Lipinski definition) is 7. The van der Waals surface area contributed by atoms with Gasteiger partial charge in [-0.05, 0) is 103 Å². The van der Waals surface area contributed by atoms with E-state index < -0.39 is 24.3 Å². The molecule has 0 aromatic rings. The number of carbonyl (C=O) groups is 3. The first-order valence-corrected chi connectivity index (χ1v) is 36.1. The number of unbranched alkanes of at least 4 members (excludes halogenated alkanes) is 33. The number of hydrogen-bond donors (Lipinski definition) is 1. The van der Waals surface area contributed by atoms with E-state index in [9.17, 15) is 19.5 Å². The van der Waals surface area contributed by atoms with Gasteiger partial charge in [-0.25, -0.2) is 4.79 Å².